The number of hydrogen-bond donors (Lipinski definition) is 0. The van der Waals surface area contributed by atoms with E-state index in [0.29, 0.717) is 0 Å². The molecular weight excluding hydrogens is 649 g/mol. The first-order valence-electron chi connectivity index (χ1n) is 18.0. The predicted octanol–water partition coefficient (Wildman–Crippen LogP) is 14.0. The van der Waals surface area contributed by atoms with Crippen LogP contribution in [0, 0.1) is 0 Å². The van der Waals surface area contributed by atoms with Gasteiger partial charge in [0.05, 0.1) is 0 Å². The maximum Gasteiger partial charge on any atom is 0.129 e. The Bertz CT molecular complexity index is 2830. The zero-order chi connectivity index (χ0) is 34.2. The lowest BCUT2D eigenvalue weighted by molar-refractivity contribution is 0.279. The second-order valence-electron chi connectivity index (χ2n) is 13.8. The number of ether oxygens (including phenoxy) is 1. The highest BCUT2D eigenvalue weighted by Crippen LogP contribution is 2.54. The van der Waals surface area contributed by atoms with Crippen LogP contribution in [0.3, 0.4) is 0 Å². The maximum absolute atomic E-state index is 6.94. The van der Waals surface area contributed by atoms with Gasteiger partial charge in [0.15, 0.2) is 0 Å². The molecule has 0 radical (unpaired) electrons. The second-order valence-corrected chi connectivity index (χ2v) is 14.6. The Hall–Kier alpha value is -6.22. The Morgan fingerprint density at radius 2 is 0.962 bits per heavy atom. The van der Waals surface area contributed by atoms with Crippen molar-refractivity contribution in [2.45, 2.75) is 12.5 Å². The number of rotatable bonds is 4. The molecule has 0 bridgehead atoms. The third-order valence-corrected chi connectivity index (χ3v) is 11.8. The fraction of sp³-hybridized carbons (Fsp3) is 0.0400. The molecule has 0 amide bonds. The fourth-order valence-corrected chi connectivity index (χ4v) is 9.70. The zero-order valence-corrected chi connectivity index (χ0v) is 29.2. The van der Waals surface area contributed by atoms with Crippen molar-refractivity contribution in [2.75, 3.05) is 0 Å². The van der Waals surface area contributed by atoms with Gasteiger partial charge in [-0.1, -0.05) is 152 Å². The molecule has 2 heterocycles. The van der Waals surface area contributed by atoms with Gasteiger partial charge in [-0.2, -0.15) is 11.3 Å². The number of thiophene rings is 1. The maximum atomic E-state index is 6.94. The molecule has 11 rings (SSSR count). The average Bonchev–Trinajstić information content (AvgIpc) is 3.88. The predicted molar refractivity (Wildman–Crippen MR) is 222 cm³/mol. The lowest BCUT2D eigenvalue weighted by Gasteiger charge is -2.24. The van der Waals surface area contributed by atoms with E-state index in [1.807, 2.05) is 0 Å². The van der Waals surface area contributed by atoms with E-state index in [2.05, 4.69) is 175 Å². The number of fused-ring (bicyclic) bond motifs is 7. The van der Waals surface area contributed by atoms with Gasteiger partial charge in [0.25, 0.3) is 0 Å². The van der Waals surface area contributed by atoms with Gasteiger partial charge in [-0.05, 0) is 110 Å². The van der Waals surface area contributed by atoms with E-state index >= 15 is 0 Å². The van der Waals surface area contributed by atoms with E-state index in [4.69, 9.17) is 4.74 Å². The van der Waals surface area contributed by atoms with Crippen molar-refractivity contribution in [1.29, 1.82) is 0 Å². The van der Waals surface area contributed by atoms with Gasteiger partial charge in [-0.25, -0.2) is 0 Å². The normalized spacial score (nSPS) is 15.0. The first kappa shape index (κ1) is 29.5. The molecule has 2 aliphatic rings. The number of hydrogen-bond acceptors (Lipinski definition) is 2. The van der Waals surface area contributed by atoms with Gasteiger partial charge in [0.1, 0.15) is 11.9 Å². The summed E-state index contributed by atoms with van der Waals surface area (Å²) >= 11 is 1.75. The third-order valence-electron chi connectivity index (χ3n) is 11.1. The summed E-state index contributed by atoms with van der Waals surface area (Å²) in [6.45, 7) is 0. The summed E-state index contributed by atoms with van der Waals surface area (Å²) in [5, 5.41) is 14.6. The lowest BCUT2D eigenvalue weighted by atomic mass is 9.79. The van der Waals surface area contributed by atoms with Gasteiger partial charge >= 0.3 is 0 Å². The Morgan fingerprint density at radius 1 is 0.442 bits per heavy atom. The zero-order valence-electron chi connectivity index (χ0n) is 28.3. The first-order valence-corrected chi connectivity index (χ1v) is 19.0. The van der Waals surface area contributed by atoms with Crippen LogP contribution in [0.5, 0.6) is 5.75 Å². The summed E-state index contributed by atoms with van der Waals surface area (Å²) in [5.41, 5.74) is 12.6. The van der Waals surface area contributed by atoms with E-state index in [1.54, 1.807) is 11.3 Å². The minimum atomic E-state index is -0.0636. The molecule has 244 valence electrons. The van der Waals surface area contributed by atoms with Crippen molar-refractivity contribution in [3.05, 3.63) is 186 Å². The summed E-state index contributed by atoms with van der Waals surface area (Å²) in [5.74, 6) is 0.961. The molecule has 0 fully saturated rings. The van der Waals surface area contributed by atoms with Crippen LogP contribution in [0.2, 0.25) is 0 Å². The Morgan fingerprint density at radius 3 is 1.52 bits per heavy atom. The van der Waals surface area contributed by atoms with E-state index in [9.17, 15) is 0 Å². The number of benzene rings is 8. The summed E-state index contributed by atoms with van der Waals surface area (Å²) in [4.78, 5) is 0. The first-order chi connectivity index (χ1) is 25.8. The summed E-state index contributed by atoms with van der Waals surface area (Å²) in [7, 11) is 0. The summed E-state index contributed by atoms with van der Waals surface area (Å²) in [6.07, 6.45) is 5.45. The average molecular weight is 681 g/mol. The molecule has 52 heavy (non-hydrogen) atoms. The van der Waals surface area contributed by atoms with E-state index in [0.717, 1.165) is 12.2 Å². The highest BCUT2D eigenvalue weighted by Gasteiger charge is 2.36. The van der Waals surface area contributed by atoms with Gasteiger partial charge in [0, 0.05) is 17.6 Å². The Kier molecular flexibility index (Phi) is 6.62. The third kappa shape index (κ3) is 4.28. The van der Waals surface area contributed by atoms with Crippen LogP contribution in [-0.2, 0) is 0 Å². The van der Waals surface area contributed by atoms with Crippen molar-refractivity contribution in [3.63, 3.8) is 0 Å². The van der Waals surface area contributed by atoms with Crippen molar-refractivity contribution >= 4 is 65.6 Å². The number of allylic oxidation sites excluding steroid dienone is 2. The molecule has 1 aromatic heterocycles. The Balaban J connectivity index is 1.26. The minimum Gasteiger partial charge on any atom is -0.485 e. The van der Waals surface area contributed by atoms with E-state index in [1.165, 1.54) is 98.7 Å². The topological polar surface area (TPSA) is 9.23 Å². The van der Waals surface area contributed by atoms with Crippen molar-refractivity contribution in [2.24, 2.45) is 0 Å². The fourth-order valence-electron chi connectivity index (χ4n) is 9.05. The van der Waals surface area contributed by atoms with Crippen LogP contribution in [0.25, 0.3) is 87.6 Å². The molecule has 0 saturated carbocycles. The smallest absolute Gasteiger partial charge is 0.129 e. The standard InChI is InChI=1S/C50H32OS/c1-2-14-31(15-3-1)45-33-16-4-8-20-37(33)47(38-21-9-5-17-34(38)45)41-24-12-26-43-49(41)50-42(25-13-27-44(50)51-43)48-39-22-10-6-18-35(39)46(32-28-29-52-30-32)36-19-7-11-23-40(36)48/h1-26,28-30,44H,27H2. The molecule has 0 spiro atoms. The van der Waals surface area contributed by atoms with Crippen molar-refractivity contribution < 1.29 is 4.74 Å². The SMILES string of the molecule is C1=CC(c2c3ccccc3c(-c3ccsc3)c3ccccc23)=C2c3c(cccc3-c3c4ccccc4c(-c4ccccc4)c4ccccc34)OC2C1. The van der Waals surface area contributed by atoms with Crippen LogP contribution in [-0.4, -0.2) is 6.10 Å². The molecule has 1 aliphatic heterocycles. The van der Waals surface area contributed by atoms with Gasteiger partial charge in [-0.15, -0.1) is 0 Å². The Labute approximate surface area is 306 Å². The molecule has 8 aromatic carbocycles. The van der Waals surface area contributed by atoms with Crippen LogP contribution >= 0.6 is 11.3 Å². The molecule has 2 heteroatoms. The summed E-state index contributed by atoms with van der Waals surface area (Å²) < 4.78 is 6.94. The monoisotopic (exact) mass is 680 g/mol. The quantitative estimate of drug-likeness (QED) is 0.168. The van der Waals surface area contributed by atoms with Crippen LogP contribution in [0.4, 0.5) is 0 Å². The molecular formula is C50H32OS. The molecule has 1 nitrogen and oxygen atoms in total. The molecule has 9 aromatic rings. The molecule has 1 atom stereocenters. The highest BCUT2D eigenvalue weighted by molar-refractivity contribution is 7.08. The highest BCUT2D eigenvalue weighted by atomic mass is 32.1. The molecule has 1 aliphatic carbocycles. The van der Waals surface area contributed by atoms with Gasteiger partial charge < -0.3 is 4.74 Å². The molecule has 0 N–H and O–H groups in total. The van der Waals surface area contributed by atoms with Crippen molar-refractivity contribution in [3.8, 4) is 39.1 Å². The largest absolute Gasteiger partial charge is 0.485 e. The second kappa shape index (κ2) is 11.7. The lowest BCUT2D eigenvalue weighted by Crippen LogP contribution is -2.14. The van der Waals surface area contributed by atoms with Crippen LogP contribution in [0.1, 0.15) is 17.5 Å². The van der Waals surface area contributed by atoms with Gasteiger partial charge in [-0.3, -0.25) is 0 Å². The molecule has 1 unspecified atom stereocenters. The van der Waals surface area contributed by atoms with E-state index < -0.39 is 0 Å². The summed E-state index contributed by atoms with van der Waals surface area (Å²) in [6, 6.07) is 55.6. The van der Waals surface area contributed by atoms with E-state index in [-0.39, 0.29) is 6.10 Å². The van der Waals surface area contributed by atoms with Gasteiger partial charge in [0.2, 0.25) is 0 Å². The van der Waals surface area contributed by atoms with Crippen molar-refractivity contribution in [1.82, 2.24) is 0 Å². The molecule has 0 saturated heterocycles. The van der Waals surface area contributed by atoms with Crippen LogP contribution in [0.15, 0.2) is 175 Å². The van der Waals surface area contributed by atoms with Crippen LogP contribution < -0.4 is 4.74 Å². The minimum absolute atomic E-state index is 0.0636.